The van der Waals surface area contributed by atoms with Gasteiger partial charge >= 0.3 is 6.09 Å². The molecule has 14 nitrogen and oxygen atoms in total. The van der Waals surface area contributed by atoms with Crippen LogP contribution in [-0.4, -0.2) is 93.5 Å². The molecule has 0 aliphatic heterocycles. The van der Waals surface area contributed by atoms with E-state index in [-0.39, 0.29) is 48.6 Å². The maximum atomic E-state index is 14.5. The number of nitrogens with one attached hydrogen (secondary N) is 4. The van der Waals surface area contributed by atoms with Gasteiger partial charge < -0.3 is 39.9 Å². The maximum absolute atomic E-state index is 14.5. The highest BCUT2D eigenvalue weighted by atomic mass is 16.5. The smallest absolute Gasteiger partial charge is 0.407 e. The number of amides is 4. The summed E-state index contributed by atoms with van der Waals surface area (Å²) < 4.78 is 10.2. The Kier molecular flexibility index (Phi) is 13.5. The average molecular weight is 879 g/mol. The molecule has 2 heterocycles. The second-order valence-corrected chi connectivity index (χ2v) is 17.7. The van der Waals surface area contributed by atoms with E-state index in [1.54, 1.807) is 16.9 Å². The number of hydrogen-bond donors (Lipinski definition) is 4. The number of aromatic amines is 2. The normalized spacial score (nSPS) is 14.1. The molecule has 338 valence electrons. The Morgan fingerprint density at radius 2 is 1.32 bits per heavy atom. The Hall–Kier alpha value is -6.80. The van der Waals surface area contributed by atoms with Crippen molar-refractivity contribution in [2.24, 2.45) is 17.8 Å². The summed E-state index contributed by atoms with van der Waals surface area (Å²) in [7, 11) is 2.94. The minimum absolute atomic E-state index is 0.0424. The van der Waals surface area contributed by atoms with Crippen LogP contribution in [0.5, 0.6) is 0 Å². The summed E-state index contributed by atoms with van der Waals surface area (Å²) in [5.41, 5.74) is 6.22. The largest absolute Gasteiger partial charge is 0.453 e. The number of imidazole rings is 2. The van der Waals surface area contributed by atoms with Gasteiger partial charge in [-0.2, -0.15) is 0 Å². The standard InChI is InChI=1S/C51H58N8O6/c1-7-23-58(49(61)44(30(2)3)57-51(63)65-6)27-42-52-40-21-17-36-24-34(15-19-38(36)46(40)54-42)35-16-20-39-37(25-35)18-22-41-47(39)55-43(53-41)28-59(26-31(4)29-64-5)50(62)45(32-11-9-8-10-12-32)56-48(60)33-13-14-33/h8-12,15-22,24-25,30-31,33,44-45H,7,13-14,23,26-29H2,1-6H3,(H,52,54)(H,53,55)(H,56,60)(H,57,63)/t31-,44-,45+/m0/s1. The van der Waals surface area contributed by atoms with Crippen LogP contribution in [0.1, 0.15) is 70.2 Å². The van der Waals surface area contributed by atoms with Crippen LogP contribution in [-0.2, 0) is 36.9 Å². The average Bonchev–Trinajstić information content (AvgIpc) is 3.96. The molecule has 1 fully saturated rings. The molecule has 1 aliphatic carbocycles. The number of hydrogen-bond acceptors (Lipinski definition) is 8. The molecule has 65 heavy (non-hydrogen) atoms. The van der Waals surface area contributed by atoms with E-state index in [1.807, 2.05) is 70.2 Å². The van der Waals surface area contributed by atoms with Crippen LogP contribution in [0.15, 0.2) is 91.0 Å². The van der Waals surface area contributed by atoms with Crippen LogP contribution in [0.4, 0.5) is 4.79 Å². The molecule has 0 saturated heterocycles. The van der Waals surface area contributed by atoms with Crippen molar-refractivity contribution in [3.63, 3.8) is 0 Å². The molecule has 8 rings (SSSR count). The third-order valence-corrected chi connectivity index (χ3v) is 12.2. The monoisotopic (exact) mass is 878 g/mol. The lowest BCUT2D eigenvalue weighted by atomic mass is 9.98. The predicted molar refractivity (Wildman–Crippen MR) is 253 cm³/mol. The third-order valence-electron chi connectivity index (χ3n) is 12.2. The Morgan fingerprint density at radius 1 is 0.738 bits per heavy atom. The molecule has 5 aromatic carbocycles. The van der Waals surface area contributed by atoms with Gasteiger partial charge in [0.15, 0.2) is 0 Å². The lowest BCUT2D eigenvalue weighted by Gasteiger charge is -2.29. The second-order valence-electron chi connectivity index (χ2n) is 17.7. The lowest BCUT2D eigenvalue weighted by molar-refractivity contribution is -0.138. The summed E-state index contributed by atoms with van der Waals surface area (Å²) >= 11 is 0. The highest BCUT2D eigenvalue weighted by molar-refractivity contribution is 6.07. The van der Waals surface area contributed by atoms with Gasteiger partial charge in [-0.3, -0.25) is 14.4 Å². The van der Waals surface area contributed by atoms with E-state index in [4.69, 9.17) is 19.4 Å². The number of rotatable bonds is 18. The van der Waals surface area contributed by atoms with Crippen LogP contribution in [0.25, 0.3) is 54.7 Å². The Balaban J connectivity index is 1.04. The molecule has 14 heteroatoms. The Bertz CT molecular complexity index is 2850. The molecule has 4 N–H and O–H groups in total. The Labute approximate surface area is 378 Å². The molecule has 3 atom stereocenters. The summed E-state index contributed by atoms with van der Waals surface area (Å²) in [6.45, 7) is 9.76. The fourth-order valence-corrected chi connectivity index (χ4v) is 8.68. The summed E-state index contributed by atoms with van der Waals surface area (Å²) in [6, 6.07) is 28.8. The first-order valence-electron chi connectivity index (χ1n) is 22.5. The number of alkyl carbamates (subject to hydrolysis) is 1. The number of carbonyl (C=O) groups is 4. The quantitative estimate of drug-likeness (QED) is 0.0665. The zero-order valence-corrected chi connectivity index (χ0v) is 37.9. The molecular formula is C51H58N8O6. The van der Waals surface area contributed by atoms with Crippen molar-refractivity contribution in [1.82, 2.24) is 40.4 Å². The summed E-state index contributed by atoms with van der Waals surface area (Å²) in [5.74, 6) is 0.715. The van der Waals surface area contributed by atoms with Crippen molar-refractivity contribution in [3.05, 3.63) is 108 Å². The van der Waals surface area contributed by atoms with Crippen molar-refractivity contribution >= 4 is 67.4 Å². The van der Waals surface area contributed by atoms with Crippen molar-refractivity contribution in [2.75, 3.05) is 33.9 Å². The number of fused-ring (bicyclic) bond motifs is 6. The first-order valence-corrected chi connectivity index (χ1v) is 22.5. The van der Waals surface area contributed by atoms with Crippen molar-refractivity contribution < 1.29 is 28.7 Å². The van der Waals surface area contributed by atoms with Gasteiger partial charge in [-0.1, -0.05) is 94.4 Å². The molecule has 1 saturated carbocycles. The lowest BCUT2D eigenvalue weighted by Crippen LogP contribution is -2.51. The van der Waals surface area contributed by atoms with Gasteiger partial charge in [-0.25, -0.2) is 14.8 Å². The molecule has 4 amide bonds. The van der Waals surface area contributed by atoms with E-state index in [0.717, 1.165) is 79.6 Å². The number of H-pyrrole nitrogens is 2. The SMILES string of the molecule is CCCN(Cc1nc2c(ccc3cc(-c4ccc5c(ccc6[nH]c(CN(C[C@H](C)COC)C(=O)[C@H](NC(=O)C7CC7)c7ccccc7)nc65)c4)ccc32)[nH]1)C(=O)[C@@H](NC(=O)OC)C(C)C. The van der Waals surface area contributed by atoms with Crippen LogP contribution in [0, 0.1) is 17.8 Å². The zero-order valence-electron chi connectivity index (χ0n) is 37.9. The minimum atomic E-state index is -0.818. The molecule has 1 aliphatic rings. The van der Waals surface area contributed by atoms with Crippen LogP contribution in [0.2, 0.25) is 0 Å². The van der Waals surface area contributed by atoms with Crippen LogP contribution >= 0.6 is 0 Å². The van der Waals surface area contributed by atoms with Crippen molar-refractivity contribution in [1.29, 1.82) is 0 Å². The van der Waals surface area contributed by atoms with Gasteiger partial charge in [0.05, 0.1) is 48.9 Å². The molecule has 0 radical (unpaired) electrons. The highest BCUT2D eigenvalue weighted by Gasteiger charge is 2.35. The topological polar surface area (TPSA) is 175 Å². The summed E-state index contributed by atoms with van der Waals surface area (Å²) in [6.07, 6.45) is 1.79. The minimum Gasteiger partial charge on any atom is -0.453 e. The molecule has 0 spiro atoms. The molecule has 2 aromatic heterocycles. The summed E-state index contributed by atoms with van der Waals surface area (Å²) in [5, 5.41) is 9.80. The Morgan fingerprint density at radius 3 is 1.85 bits per heavy atom. The van der Waals surface area contributed by atoms with E-state index in [0.29, 0.717) is 31.3 Å². The number of benzene rings is 5. The van der Waals surface area contributed by atoms with E-state index in [9.17, 15) is 19.2 Å². The second kappa shape index (κ2) is 19.5. The van der Waals surface area contributed by atoms with Gasteiger partial charge in [0.1, 0.15) is 23.7 Å². The fraction of sp³-hybridized carbons (Fsp3) is 0.373. The van der Waals surface area contributed by atoms with Crippen LogP contribution < -0.4 is 10.6 Å². The zero-order chi connectivity index (χ0) is 45.8. The number of ether oxygens (including phenoxy) is 2. The molecule has 0 bridgehead atoms. The van der Waals surface area contributed by atoms with Crippen LogP contribution in [0.3, 0.4) is 0 Å². The van der Waals surface area contributed by atoms with Crippen molar-refractivity contribution in [2.45, 2.75) is 72.1 Å². The number of methoxy groups -OCH3 is 2. The number of carbonyl (C=O) groups excluding carboxylic acids is 4. The summed E-state index contributed by atoms with van der Waals surface area (Å²) in [4.78, 5) is 73.7. The fourth-order valence-electron chi connectivity index (χ4n) is 8.68. The third kappa shape index (κ3) is 9.97. The van der Waals surface area contributed by atoms with Gasteiger partial charge in [0, 0.05) is 36.9 Å². The molecular weight excluding hydrogens is 821 g/mol. The van der Waals surface area contributed by atoms with E-state index < -0.39 is 18.2 Å². The van der Waals surface area contributed by atoms with Gasteiger partial charge in [0.25, 0.3) is 0 Å². The van der Waals surface area contributed by atoms with Gasteiger partial charge in [0.2, 0.25) is 17.7 Å². The first-order chi connectivity index (χ1) is 31.4. The van der Waals surface area contributed by atoms with Gasteiger partial charge in [-0.15, -0.1) is 0 Å². The van der Waals surface area contributed by atoms with Crippen molar-refractivity contribution in [3.8, 4) is 11.1 Å². The number of aromatic nitrogens is 4. The molecule has 7 aromatic rings. The highest BCUT2D eigenvalue weighted by Crippen LogP contribution is 2.34. The molecule has 0 unspecified atom stereocenters. The van der Waals surface area contributed by atoms with E-state index in [1.165, 1.54) is 7.11 Å². The van der Waals surface area contributed by atoms with E-state index in [2.05, 4.69) is 69.1 Å². The number of nitrogens with zero attached hydrogens (tertiary/aromatic N) is 4. The first kappa shape index (κ1) is 44.8. The predicted octanol–water partition coefficient (Wildman–Crippen LogP) is 8.41. The van der Waals surface area contributed by atoms with E-state index >= 15 is 0 Å². The van der Waals surface area contributed by atoms with Gasteiger partial charge in [-0.05, 0) is 82.8 Å². The maximum Gasteiger partial charge on any atom is 0.407 e.